The van der Waals surface area contributed by atoms with Crippen molar-refractivity contribution >= 4 is 95.5 Å². The molecule has 0 aliphatic carbocycles. The minimum Gasteiger partial charge on any atom is -0.504 e. The van der Waals surface area contributed by atoms with Crippen LogP contribution in [0.1, 0.15) is 0 Å². The predicted molar refractivity (Wildman–Crippen MR) is 181 cm³/mol. The quantitative estimate of drug-likeness (QED) is 0.0799. The monoisotopic (exact) mass is 772 g/mol. The van der Waals surface area contributed by atoms with Crippen molar-refractivity contribution in [2.75, 3.05) is 0 Å². The first-order valence-electron chi connectivity index (χ1n) is 13.8. The molecule has 0 radical (unpaired) electrons. The lowest BCUT2D eigenvalue weighted by Crippen LogP contribution is -2.00. The summed E-state index contributed by atoms with van der Waals surface area (Å²) in [6, 6.07) is 18.4. The van der Waals surface area contributed by atoms with Crippen molar-refractivity contribution in [3.63, 3.8) is 0 Å². The van der Waals surface area contributed by atoms with Crippen LogP contribution in [0.5, 0.6) is 5.75 Å². The number of hydrogen-bond donors (Lipinski definition) is 5. The van der Waals surface area contributed by atoms with Crippen LogP contribution in [0.15, 0.2) is 131 Å². The minimum atomic E-state index is -5.06. The van der Waals surface area contributed by atoms with Crippen LogP contribution >= 0.6 is 0 Å². The van der Waals surface area contributed by atoms with Crippen LogP contribution in [-0.2, 0) is 40.5 Å². The SMILES string of the molecule is O=S(=O)(O)c1cc(N=Nc2ccc(N=Nc3c(O)c(S(=O)(=O)O)cc4cc(S(=O)(=O)O)ccc34)c3ccccc23)c2cc(S(=O)(=O)O)ccc2c1. The van der Waals surface area contributed by atoms with E-state index in [4.69, 9.17) is 0 Å². The van der Waals surface area contributed by atoms with Crippen LogP contribution in [0.25, 0.3) is 32.3 Å². The van der Waals surface area contributed by atoms with Crippen LogP contribution in [0.2, 0.25) is 0 Å². The highest BCUT2D eigenvalue weighted by Crippen LogP contribution is 2.43. The lowest BCUT2D eigenvalue weighted by atomic mass is 10.1. The minimum absolute atomic E-state index is 0.00211. The zero-order valence-electron chi connectivity index (χ0n) is 25.1. The Bertz CT molecular complexity index is 2990. The average molecular weight is 773 g/mol. The number of azo groups is 2. The van der Waals surface area contributed by atoms with Gasteiger partial charge in [0.15, 0.2) is 5.75 Å². The summed E-state index contributed by atoms with van der Waals surface area (Å²) in [5.41, 5.74) is -0.331. The van der Waals surface area contributed by atoms with E-state index < -0.39 is 71.5 Å². The molecule has 0 spiro atoms. The summed E-state index contributed by atoms with van der Waals surface area (Å²) in [5.74, 6) is -1.00. The van der Waals surface area contributed by atoms with Crippen molar-refractivity contribution in [2.45, 2.75) is 19.6 Å². The Kier molecular flexibility index (Phi) is 8.72. The fourth-order valence-electron chi connectivity index (χ4n) is 5.12. The summed E-state index contributed by atoms with van der Waals surface area (Å²) in [6.45, 7) is 0. The van der Waals surface area contributed by atoms with Crippen LogP contribution in [0, 0.1) is 0 Å². The van der Waals surface area contributed by atoms with Gasteiger partial charge >= 0.3 is 0 Å². The van der Waals surface area contributed by atoms with Gasteiger partial charge in [0.2, 0.25) is 0 Å². The zero-order valence-corrected chi connectivity index (χ0v) is 28.4. The van der Waals surface area contributed by atoms with E-state index in [1.165, 1.54) is 18.2 Å². The first-order chi connectivity index (χ1) is 23.7. The fourth-order valence-corrected chi connectivity index (χ4v) is 7.30. The van der Waals surface area contributed by atoms with E-state index in [2.05, 4.69) is 20.5 Å². The fraction of sp³-hybridized carbons (Fsp3) is 0. The van der Waals surface area contributed by atoms with E-state index in [0.717, 1.165) is 48.5 Å². The molecule has 6 aromatic rings. The second kappa shape index (κ2) is 12.5. The van der Waals surface area contributed by atoms with Crippen molar-refractivity contribution < 1.29 is 57.0 Å². The lowest BCUT2D eigenvalue weighted by molar-refractivity contribution is 0.444. The highest BCUT2D eigenvalue weighted by molar-refractivity contribution is 7.86. The number of rotatable bonds is 8. The number of phenols is 1. The molecular formula is C30H20N4O13S4. The summed E-state index contributed by atoms with van der Waals surface area (Å²) < 4.78 is 133. The molecule has 6 aromatic carbocycles. The second-order valence-electron chi connectivity index (χ2n) is 10.7. The molecule has 0 amide bonds. The molecular weight excluding hydrogens is 753 g/mol. The van der Waals surface area contributed by atoms with Crippen molar-refractivity contribution in [2.24, 2.45) is 20.5 Å². The molecule has 0 atom stereocenters. The van der Waals surface area contributed by atoms with Gasteiger partial charge in [-0.3, -0.25) is 18.2 Å². The third kappa shape index (κ3) is 7.17. The Morgan fingerprint density at radius 1 is 0.412 bits per heavy atom. The van der Waals surface area contributed by atoms with Gasteiger partial charge < -0.3 is 5.11 Å². The summed E-state index contributed by atoms with van der Waals surface area (Å²) >= 11 is 0. The topological polar surface area (TPSA) is 287 Å². The summed E-state index contributed by atoms with van der Waals surface area (Å²) in [4.78, 5) is -2.68. The third-order valence-electron chi connectivity index (χ3n) is 7.47. The molecule has 21 heteroatoms. The Labute approximate surface area is 288 Å². The zero-order chi connectivity index (χ0) is 37.1. The number of benzene rings is 6. The van der Waals surface area contributed by atoms with Gasteiger partial charge in [-0.2, -0.15) is 33.7 Å². The molecule has 51 heavy (non-hydrogen) atoms. The molecule has 0 aromatic heterocycles. The smallest absolute Gasteiger partial charge is 0.298 e. The van der Waals surface area contributed by atoms with Gasteiger partial charge in [-0.05, 0) is 65.4 Å². The summed E-state index contributed by atoms with van der Waals surface area (Å²) in [5, 5.41) is 28.1. The van der Waals surface area contributed by atoms with E-state index in [-0.39, 0.29) is 38.6 Å². The Balaban J connectivity index is 1.49. The number of nitrogens with zero attached hydrogens (tertiary/aromatic N) is 4. The first-order valence-corrected chi connectivity index (χ1v) is 19.6. The summed E-state index contributed by atoms with van der Waals surface area (Å²) in [6.07, 6.45) is 0. The molecule has 0 fully saturated rings. The highest BCUT2D eigenvalue weighted by Gasteiger charge is 2.23. The van der Waals surface area contributed by atoms with E-state index in [9.17, 15) is 57.0 Å². The van der Waals surface area contributed by atoms with E-state index in [1.807, 2.05) is 0 Å². The molecule has 262 valence electrons. The summed E-state index contributed by atoms with van der Waals surface area (Å²) in [7, 11) is -19.2. The van der Waals surface area contributed by atoms with Gasteiger partial charge in [-0.25, -0.2) is 0 Å². The van der Waals surface area contributed by atoms with Crippen LogP contribution in [0.4, 0.5) is 22.7 Å². The molecule has 17 nitrogen and oxygen atoms in total. The van der Waals surface area contributed by atoms with Crippen molar-refractivity contribution in [3.05, 3.63) is 91.0 Å². The largest absolute Gasteiger partial charge is 0.504 e. The maximum Gasteiger partial charge on any atom is 0.298 e. The Morgan fingerprint density at radius 3 is 1.49 bits per heavy atom. The van der Waals surface area contributed by atoms with Crippen molar-refractivity contribution in [3.8, 4) is 5.75 Å². The van der Waals surface area contributed by atoms with Gasteiger partial charge in [0.1, 0.15) is 10.6 Å². The van der Waals surface area contributed by atoms with Crippen molar-refractivity contribution in [1.82, 2.24) is 0 Å². The number of fused-ring (bicyclic) bond motifs is 3. The van der Waals surface area contributed by atoms with Gasteiger partial charge in [-0.1, -0.05) is 36.4 Å². The van der Waals surface area contributed by atoms with Gasteiger partial charge in [0.25, 0.3) is 40.5 Å². The number of hydrogen-bond acceptors (Lipinski definition) is 13. The number of aromatic hydroxyl groups is 1. The molecule has 0 heterocycles. The van der Waals surface area contributed by atoms with E-state index >= 15 is 0 Å². The third-order valence-corrected chi connectivity index (χ3v) is 10.9. The molecule has 0 saturated carbocycles. The van der Waals surface area contributed by atoms with E-state index in [0.29, 0.717) is 10.8 Å². The van der Waals surface area contributed by atoms with Gasteiger partial charge in [0, 0.05) is 21.5 Å². The maximum atomic E-state index is 12.0. The average Bonchev–Trinajstić information content (AvgIpc) is 3.04. The maximum absolute atomic E-state index is 12.0. The molecule has 0 bridgehead atoms. The number of phenolic OH excluding ortho intramolecular Hbond substituents is 1. The molecule has 6 rings (SSSR count). The Hall–Kier alpha value is -5.26. The van der Waals surface area contributed by atoms with Crippen LogP contribution in [-0.4, -0.2) is 57.0 Å². The van der Waals surface area contributed by atoms with Gasteiger partial charge in [-0.15, -0.1) is 20.5 Å². The van der Waals surface area contributed by atoms with E-state index in [1.54, 1.807) is 24.3 Å². The predicted octanol–water partition coefficient (Wildman–Crippen LogP) is 6.67. The highest BCUT2D eigenvalue weighted by atomic mass is 32.2. The Morgan fingerprint density at radius 2 is 0.922 bits per heavy atom. The molecule has 5 N–H and O–H groups in total. The van der Waals surface area contributed by atoms with Crippen LogP contribution in [0.3, 0.4) is 0 Å². The molecule has 0 aliphatic rings. The molecule has 0 unspecified atom stereocenters. The second-order valence-corrected chi connectivity index (χ2v) is 16.4. The standard InChI is InChI=1S/C30H20N4O13S4/c35-30-28(51(45,46)47)13-17-12-18(48(36,37)38)7-8-21(17)29(30)34-32-26-10-9-25(22-3-1-2-4-23(22)26)31-33-27-15-20(50(42,43)44)11-16-5-6-19(14-24(16)27)49(39,40)41/h1-15,35H,(H,36,37,38)(H,39,40,41)(H,42,43,44)(H,45,46,47). The normalized spacial score (nSPS) is 13.3. The molecule has 0 saturated heterocycles. The molecule has 0 aliphatic heterocycles. The van der Waals surface area contributed by atoms with Gasteiger partial charge in [0.05, 0.1) is 31.7 Å². The van der Waals surface area contributed by atoms with Crippen LogP contribution < -0.4 is 0 Å². The van der Waals surface area contributed by atoms with Crippen molar-refractivity contribution in [1.29, 1.82) is 0 Å². The first kappa shape index (κ1) is 35.6. The lowest BCUT2D eigenvalue weighted by Gasteiger charge is -2.10.